The van der Waals surface area contributed by atoms with Crippen LogP contribution in [-0.2, 0) is 0 Å². The third kappa shape index (κ3) is 1.60. The van der Waals surface area contributed by atoms with Gasteiger partial charge in [0.2, 0.25) is 0 Å². The molecule has 2 rings (SSSR count). The molecule has 1 saturated heterocycles. The van der Waals surface area contributed by atoms with Gasteiger partial charge in [-0.25, -0.2) is 0 Å². The van der Waals surface area contributed by atoms with Gasteiger partial charge in [-0.15, -0.1) is 0 Å². The Morgan fingerprint density at radius 1 is 1.43 bits per heavy atom. The highest BCUT2D eigenvalue weighted by Crippen LogP contribution is 2.36. The van der Waals surface area contributed by atoms with Crippen LogP contribution >= 0.6 is 0 Å². The van der Waals surface area contributed by atoms with E-state index in [-0.39, 0.29) is 0 Å². The van der Waals surface area contributed by atoms with E-state index >= 15 is 0 Å². The number of aliphatic imine (C=N–C) groups is 1. The van der Waals surface area contributed by atoms with Crippen LogP contribution in [0.4, 0.5) is 0 Å². The highest BCUT2D eigenvalue weighted by molar-refractivity contribution is 5.64. The summed E-state index contributed by atoms with van der Waals surface area (Å²) in [5.41, 5.74) is 0. The third-order valence-electron chi connectivity index (χ3n) is 3.91. The molecule has 0 aromatic rings. The molecule has 0 bridgehead atoms. The van der Waals surface area contributed by atoms with E-state index in [1.165, 1.54) is 25.9 Å². The summed E-state index contributed by atoms with van der Waals surface area (Å²) in [6.45, 7) is 9.33. The highest BCUT2D eigenvalue weighted by atomic mass is 15.2. The molecule has 4 atom stereocenters. The Kier molecular flexibility index (Phi) is 2.91. The van der Waals surface area contributed by atoms with Crippen molar-refractivity contribution in [2.24, 2.45) is 16.8 Å². The number of fused-ring (bicyclic) bond motifs is 1. The van der Waals surface area contributed by atoms with Gasteiger partial charge in [0.25, 0.3) is 0 Å². The van der Waals surface area contributed by atoms with E-state index in [1.54, 1.807) is 0 Å². The molecule has 2 heteroatoms. The van der Waals surface area contributed by atoms with Crippen LogP contribution < -0.4 is 0 Å². The number of hydrogen-bond acceptors (Lipinski definition) is 2. The lowest BCUT2D eigenvalue weighted by atomic mass is 9.84. The van der Waals surface area contributed by atoms with Crippen LogP contribution in [-0.4, -0.2) is 36.3 Å². The summed E-state index contributed by atoms with van der Waals surface area (Å²) in [7, 11) is 0. The van der Waals surface area contributed by atoms with Crippen LogP contribution in [0.3, 0.4) is 0 Å². The molecule has 0 aliphatic carbocycles. The maximum Gasteiger partial charge on any atom is 0.0471 e. The van der Waals surface area contributed by atoms with Gasteiger partial charge < -0.3 is 0 Å². The molecule has 3 unspecified atom stereocenters. The van der Waals surface area contributed by atoms with Gasteiger partial charge in [-0.05, 0) is 32.2 Å². The summed E-state index contributed by atoms with van der Waals surface area (Å²) < 4.78 is 0. The topological polar surface area (TPSA) is 15.6 Å². The van der Waals surface area contributed by atoms with Crippen molar-refractivity contribution in [3.05, 3.63) is 0 Å². The van der Waals surface area contributed by atoms with Crippen molar-refractivity contribution in [2.75, 3.05) is 13.1 Å². The van der Waals surface area contributed by atoms with Gasteiger partial charge >= 0.3 is 0 Å². The highest BCUT2D eigenvalue weighted by Gasteiger charge is 2.40. The van der Waals surface area contributed by atoms with Gasteiger partial charge in [0.15, 0.2) is 0 Å². The lowest BCUT2D eigenvalue weighted by Crippen LogP contribution is -2.33. The normalized spacial score (nSPS) is 42.8. The van der Waals surface area contributed by atoms with Gasteiger partial charge in [-0.2, -0.15) is 0 Å². The van der Waals surface area contributed by atoms with Crippen molar-refractivity contribution in [3.63, 3.8) is 0 Å². The number of hydrogen-bond donors (Lipinski definition) is 0. The molecule has 2 nitrogen and oxygen atoms in total. The fourth-order valence-corrected chi connectivity index (χ4v) is 3.21. The Hall–Kier alpha value is -0.370. The van der Waals surface area contributed by atoms with Crippen LogP contribution in [0.25, 0.3) is 0 Å². The largest absolute Gasteiger partial charge is 0.300 e. The minimum Gasteiger partial charge on any atom is -0.300 e. The summed E-state index contributed by atoms with van der Waals surface area (Å²) in [6, 6.07) is 1.33. The Labute approximate surface area is 87.4 Å². The van der Waals surface area contributed by atoms with E-state index in [2.05, 4.69) is 36.9 Å². The molecule has 2 heterocycles. The molecule has 1 fully saturated rings. The van der Waals surface area contributed by atoms with E-state index in [0.29, 0.717) is 6.04 Å². The standard InChI is InChI=1S/C12H22N2/c1-4-12-11-7-13-9(3)6-10(11)8-14(12)5-2/h7,9-12H,4-6,8H2,1-3H3/t9?,10?,11?,12-/m0/s1. The molecular weight excluding hydrogens is 172 g/mol. The first-order valence-corrected chi connectivity index (χ1v) is 6.03. The Morgan fingerprint density at radius 2 is 2.21 bits per heavy atom. The minimum absolute atomic E-state index is 0.561. The lowest BCUT2D eigenvalue weighted by Gasteiger charge is -2.27. The van der Waals surface area contributed by atoms with E-state index in [4.69, 9.17) is 0 Å². The molecule has 0 radical (unpaired) electrons. The van der Waals surface area contributed by atoms with Crippen LogP contribution in [0.5, 0.6) is 0 Å². The third-order valence-corrected chi connectivity index (χ3v) is 3.91. The average Bonchev–Trinajstić information content (AvgIpc) is 2.54. The van der Waals surface area contributed by atoms with E-state index in [0.717, 1.165) is 17.9 Å². The molecule has 2 aliphatic heterocycles. The van der Waals surface area contributed by atoms with Crippen molar-refractivity contribution >= 4 is 6.21 Å². The second kappa shape index (κ2) is 4.01. The molecular formula is C12H22N2. The fourth-order valence-electron chi connectivity index (χ4n) is 3.21. The van der Waals surface area contributed by atoms with Gasteiger partial charge in [0.1, 0.15) is 0 Å². The van der Waals surface area contributed by atoms with E-state index in [1.807, 2.05) is 0 Å². The second-order valence-electron chi connectivity index (χ2n) is 4.78. The predicted octanol–water partition coefficient (Wildman–Crippen LogP) is 2.20. The van der Waals surface area contributed by atoms with Crippen molar-refractivity contribution in [2.45, 2.75) is 45.7 Å². The van der Waals surface area contributed by atoms with Crippen molar-refractivity contribution in [3.8, 4) is 0 Å². The summed E-state index contributed by atoms with van der Waals surface area (Å²) >= 11 is 0. The van der Waals surface area contributed by atoms with Crippen LogP contribution in [0.1, 0.15) is 33.6 Å². The Bertz CT molecular complexity index is 224. The van der Waals surface area contributed by atoms with Gasteiger partial charge in [-0.3, -0.25) is 9.89 Å². The van der Waals surface area contributed by atoms with E-state index < -0.39 is 0 Å². The van der Waals surface area contributed by atoms with Crippen LogP contribution in [0, 0.1) is 11.8 Å². The first kappa shape index (κ1) is 10.2. The summed E-state index contributed by atoms with van der Waals surface area (Å²) in [4.78, 5) is 7.23. The first-order chi connectivity index (χ1) is 6.76. The lowest BCUT2D eigenvalue weighted by molar-refractivity contribution is 0.249. The molecule has 0 aromatic heterocycles. The van der Waals surface area contributed by atoms with Crippen LogP contribution in [0.2, 0.25) is 0 Å². The number of likely N-dealkylation sites (tertiary alicyclic amines) is 1. The molecule has 14 heavy (non-hydrogen) atoms. The van der Waals surface area contributed by atoms with Crippen molar-refractivity contribution < 1.29 is 0 Å². The zero-order valence-electron chi connectivity index (χ0n) is 9.61. The zero-order valence-corrected chi connectivity index (χ0v) is 9.61. The molecule has 0 saturated carbocycles. The second-order valence-corrected chi connectivity index (χ2v) is 4.78. The van der Waals surface area contributed by atoms with Gasteiger partial charge in [-0.1, -0.05) is 13.8 Å². The van der Waals surface area contributed by atoms with Crippen LogP contribution in [0.15, 0.2) is 4.99 Å². The van der Waals surface area contributed by atoms with E-state index in [9.17, 15) is 0 Å². The molecule has 0 N–H and O–H groups in total. The molecule has 0 spiro atoms. The van der Waals surface area contributed by atoms with Gasteiger partial charge in [0.05, 0.1) is 0 Å². The Balaban J connectivity index is 2.13. The fraction of sp³-hybridized carbons (Fsp3) is 0.917. The monoisotopic (exact) mass is 194 g/mol. The Morgan fingerprint density at radius 3 is 2.86 bits per heavy atom. The average molecular weight is 194 g/mol. The molecule has 0 amide bonds. The summed E-state index contributed by atoms with van der Waals surface area (Å²) in [5.74, 6) is 1.63. The van der Waals surface area contributed by atoms with Crippen molar-refractivity contribution in [1.29, 1.82) is 0 Å². The first-order valence-electron chi connectivity index (χ1n) is 6.03. The number of nitrogens with zero attached hydrogens (tertiary/aromatic N) is 2. The molecule has 2 aliphatic rings. The predicted molar refractivity (Wildman–Crippen MR) is 60.9 cm³/mol. The number of rotatable bonds is 2. The van der Waals surface area contributed by atoms with Crippen molar-refractivity contribution in [1.82, 2.24) is 4.90 Å². The molecule has 80 valence electrons. The summed E-state index contributed by atoms with van der Waals surface area (Å²) in [6.07, 6.45) is 4.83. The summed E-state index contributed by atoms with van der Waals surface area (Å²) in [5, 5.41) is 0. The maximum atomic E-state index is 4.59. The smallest absolute Gasteiger partial charge is 0.0471 e. The quantitative estimate of drug-likeness (QED) is 0.658. The van der Waals surface area contributed by atoms with Gasteiger partial charge in [0, 0.05) is 30.8 Å². The minimum atomic E-state index is 0.561. The maximum absolute atomic E-state index is 4.59. The zero-order chi connectivity index (χ0) is 10.1. The molecule has 0 aromatic carbocycles. The SMILES string of the molecule is CC[C@H]1C2C=NC(C)CC2CN1CC.